The van der Waals surface area contributed by atoms with Gasteiger partial charge in [0.05, 0.1) is 6.42 Å². The van der Waals surface area contributed by atoms with Crippen molar-refractivity contribution in [1.29, 1.82) is 0 Å². The second-order valence-corrected chi connectivity index (χ2v) is 9.11. The summed E-state index contributed by atoms with van der Waals surface area (Å²) in [6.07, 6.45) is 7.28. The predicted molar refractivity (Wildman–Crippen MR) is 73.5 cm³/mol. The highest BCUT2D eigenvalue weighted by Crippen LogP contribution is 2.75. The number of hydrogen-bond acceptors (Lipinski definition) is 2. The zero-order valence-electron chi connectivity index (χ0n) is 12.7. The molecule has 6 atom stereocenters. The predicted octanol–water partition coefficient (Wildman–Crippen LogP) is 3.93. The molecule has 0 aromatic carbocycles. The van der Waals surface area contributed by atoms with Crippen LogP contribution in [0.5, 0.6) is 0 Å². The maximum Gasteiger partial charge on any atom is 0.310 e. The molecule has 0 aromatic heterocycles. The van der Waals surface area contributed by atoms with Crippen LogP contribution in [0.1, 0.15) is 66.2 Å². The van der Waals surface area contributed by atoms with Crippen molar-refractivity contribution in [3.8, 4) is 0 Å². The van der Waals surface area contributed by atoms with E-state index in [1.54, 1.807) is 0 Å². The molecule has 5 rings (SSSR count). The molecule has 0 aromatic rings. The summed E-state index contributed by atoms with van der Waals surface area (Å²) >= 11 is 0. The van der Waals surface area contributed by atoms with Gasteiger partial charge in [-0.3, -0.25) is 4.79 Å². The average Bonchev–Trinajstić information content (AvgIpc) is 2.21. The van der Waals surface area contributed by atoms with Crippen LogP contribution in [0, 0.1) is 28.1 Å². The molecule has 0 radical (unpaired) electrons. The van der Waals surface area contributed by atoms with E-state index in [2.05, 4.69) is 27.7 Å². The summed E-state index contributed by atoms with van der Waals surface area (Å²) in [7, 11) is 0. The minimum absolute atomic E-state index is 0.0154. The van der Waals surface area contributed by atoms with Crippen LogP contribution in [0.4, 0.5) is 0 Å². The highest BCUT2D eigenvalue weighted by molar-refractivity contribution is 5.77. The molecule has 4 saturated carbocycles. The lowest BCUT2D eigenvalue weighted by Gasteiger charge is -2.72. The van der Waals surface area contributed by atoms with Crippen molar-refractivity contribution in [3.63, 3.8) is 0 Å². The van der Waals surface area contributed by atoms with Gasteiger partial charge in [-0.15, -0.1) is 0 Å². The van der Waals surface area contributed by atoms with Gasteiger partial charge < -0.3 is 4.74 Å². The second kappa shape index (κ2) is 3.04. The summed E-state index contributed by atoms with van der Waals surface area (Å²) in [5.41, 5.74) is 1.08. The van der Waals surface area contributed by atoms with Crippen LogP contribution in [0.25, 0.3) is 0 Å². The van der Waals surface area contributed by atoms with Crippen LogP contribution in [-0.4, -0.2) is 11.6 Å². The van der Waals surface area contributed by atoms with Crippen LogP contribution < -0.4 is 0 Å². The molecule has 1 aliphatic heterocycles. The van der Waals surface area contributed by atoms with Crippen molar-refractivity contribution in [1.82, 2.24) is 0 Å². The first-order valence-electron chi connectivity index (χ1n) is 7.91. The van der Waals surface area contributed by atoms with Gasteiger partial charge in [-0.25, -0.2) is 0 Å². The lowest BCUT2D eigenvalue weighted by molar-refractivity contribution is -0.275. The minimum Gasteiger partial charge on any atom is -0.458 e. The van der Waals surface area contributed by atoms with Crippen LogP contribution in [0.3, 0.4) is 0 Å². The highest BCUT2D eigenvalue weighted by atomic mass is 16.6. The molecule has 1 heterocycles. The van der Waals surface area contributed by atoms with E-state index in [1.807, 2.05) is 0 Å². The van der Waals surface area contributed by atoms with Crippen LogP contribution in [0.2, 0.25) is 0 Å². The third kappa shape index (κ3) is 1.31. The molecule has 2 nitrogen and oxygen atoms in total. The van der Waals surface area contributed by atoms with E-state index in [0.29, 0.717) is 17.3 Å². The van der Waals surface area contributed by atoms with Gasteiger partial charge in [-0.05, 0) is 61.7 Å². The highest BCUT2D eigenvalue weighted by Gasteiger charge is 2.70. The molecule has 0 unspecified atom stereocenters. The average molecular weight is 262 g/mol. The maximum absolute atomic E-state index is 11.4. The number of hydrogen-bond donors (Lipinski definition) is 0. The molecule has 4 aliphatic carbocycles. The Kier molecular flexibility index (Phi) is 1.96. The Morgan fingerprint density at radius 3 is 2.37 bits per heavy atom. The normalized spacial score (nSPS) is 62.8. The number of ether oxygens (including phenoxy) is 1. The molecule has 0 amide bonds. The molecule has 5 fully saturated rings. The van der Waals surface area contributed by atoms with E-state index >= 15 is 0 Å². The zero-order chi connectivity index (χ0) is 13.7. The van der Waals surface area contributed by atoms with E-state index in [1.165, 1.54) is 32.1 Å². The van der Waals surface area contributed by atoms with Crippen molar-refractivity contribution in [2.75, 3.05) is 0 Å². The molecule has 0 spiro atoms. The fraction of sp³-hybridized carbons (Fsp3) is 0.941. The molecule has 2 heteroatoms. The summed E-state index contributed by atoms with van der Waals surface area (Å²) in [6.45, 7) is 9.66. The standard InChI is InChI=1S/C17H26O2/c1-11-12-5-14(2)8-15(11,3)10-17(6-12,9-14)16(4)7-13(18)19-16/h11-12H,5-10H2,1-4H3/t11-,12-,14-,15-,16-,17+/m0/s1. The Hall–Kier alpha value is -0.530. The van der Waals surface area contributed by atoms with E-state index in [0.717, 1.165) is 11.8 Å². The van der Waals surface area contributed by atoms with Crippen molar-refractivity contribution < 1.29 is 9.53 Å². The van der Waals surface area contributed by atoms with Gasteiger partial charge in [0.1, 0.15) is 5.60 Å². The van der Waals surface area contributed by atoms with Crippen molar-refractivity contribution in [2.24, 2.45) is 28.1 Å². The number of carbonyl (C=O) groups is 1. The molecule has 0 N–H and O–H groups in total. The summed E-state index contributed by atoms with van der Waals surface area (Å²) < 4.78 is 5.70. The topological polar surface area (TPSA) is 26.3 Å². The number of rotatable bonds is 1. The lowest BCUT2D eigenvalue weighted by Crippen LogP contribution is -2.69. The molecular weight excluding hydrogens is 236 g/mol. The van der Waals surface area contributed by atoms with Gasteiger partial charge in [0, 0.05) is 5.41 Å². The largest absolute Gasteiger partial charge is 0.458 e. The van der Waals surface area contributed by atoms with Crippen molar-refractivity contribution in [3.05, 3.63) is 0 Å². The summed E-state index contributed by atoms with van der Waals surface area (Å²) in [6, 6.07) is 0. The fourth-order valence-electron chi connectivity index (χ4n) is 6.90. The van der Waals surface area contributed by atoms with Gasteiger partial charge in [-0.1, -0.05) is 20.8 Å². The quantitative estimate of drug-likeness (QED) is 0.669. The lowest BCUT2D eigenvalue weighted by atomic mass is 9.34. The number of cyclic esters (lactones) is 1. The molecule has 106 valence electrons. The van der Waals surface area contributed by atoms with E-state index in [-0.39, 0.29) is 17.0 Å². The molecule has 5 aliphatic rings. The Morgan fingerprint density at radius 2 is 1.79 bits per heavy atom. The van der Waals surface area contributed by atoms with Gasteiger partial charge in [0.15, 0.2) is 0 Å². The van der Waals surface area contributed by atoms with E-state index in [4.69, 9.17) is 4.74 Å². The van der Waals surface area contributed by atoms with Gasteiger partial charge in [-0.2, -0.15) is 0 Å². The Bertz CT molecular complexity index is 462. The molecule has 19 heavy (non-hydrogen) atoms. The summed E-state index contributed by atoms with van der Waals surface area (Å²) in [5.74, 6) is 1.71. The van der Waals surface area contributed by atoms with E-state index in [9.17, 15) is 4.79 Å². The first-order chi connectivity index (χ1) is 8.70. The fourth-order valence-corrected chi connectivity index (χ4v) is 6.90. The molecule has 1 saturated heterocycles. The third-order valence-electron chi connectivity index (χ3n) is 7.49. The Labute approximate surface area is 116 Å². The van der Waals surface area contributed by atoms with Crippen LogP contribution in [-0.2, 0) is 9.53 Å². The second-order valence-electron chi connectivity index (χ2n) is 9.11. The SMILES string of the molecule is C[C@H]1[C@H]2C[C@@]3(C)C[C@@]1(C)C[C@@]([C@]1(C)CC(=O)O1)(C2)C3. The molecule has 4 bridgehead atoms. The molecular formula is C17H26O2. The first-order valence-corrected chi connectivity index (χ1v) is 7.91. The Morgan fingerprint density at radius 1 is 1.11 bits per heavy atom. The van der Waals surface area contributed by atoms with Gasteiger partial charge in [0.25, 0.3) is 0 Å². The van der Waals surface area contributed by atoms with Gasteiger partial charge in [0.2, 0.25) is 0 Å². The number of carbonyl (C=O) groups excluding carboxylic acids is 1. The zero-order valence-corrected chi connectivity index (χ0v) is 12.7. The summed E-state index contributed by atoms with van der Waals surface area (Å²) in [4.78, 5) is 11.4. The smallest absolute Gasteiger partial charge is 0.310 e. The van der Waals surface area contributed by atoms with E-state index < -0.39 is 0 Å². The third-order valence-corrected chi connectivity index (χ3v) is 7.49. The minimum atomic E-state index is -0.161. The van der Waals surface area contributed by atoms with Crippen LogP contribution in [0.15, 0.2) is 0 Å². The summed E-state index contributed by atoms with van der Waals surface area (Å²) in [5, 5.41) is 0. The van der Waals surface area contributed by atoms with Crippen LogP contribution >= 0.6 is 0 Å². The maximum atomic E-state index is 11.4. The number of esters is 1. The Balaban J connectivity index is 1.77. The van der Waals surface area contributed by atoms with Gasteiger partial charge >= 0.3 is 5.97 Å². The van der Waals surface area contributed by atoms with Crippen molar-refractivity contribution >= 4 is 5.97 Å². The first kappa shape index (κ1) is 12.2. The van der Waals surface area contributed by atoms with Crippen molar-refractivity contribution in [2.45, 2.75) is 71.8 Å². The monoisotopic (exact) mass is 262 g/mol.